The average Bonchev–Trinajstić information content (AvgIpc) is 3.16. The Balaban J connectivity index is 1.84. The number of amides is 1. The molecule has 1 aliphatic heterocycles. The topological polar surface area (TPSA) is 102 Å². The van der Waals surface area contributed by atoms with E-state index in [4.69, 9.17) is 14.2 Å². The molecule has 8 nitrogen and oxygen atoms in total. The van der Waals surface area contributed by atoms with Crippen molar-refractivity contribution in [3.63, 3.8) is 0 Å². The molecule has 0 saturated carbocycles. The van der Waals surface area contributed by atoms with E-state index in [9.17, 15) is 14.7 Å². The number of hydrogen-bond acceptors (Lipinski definition) is 6. The van der Waals surface area contributed by atoms with Crippen molar-refractivity contribution in [1.82, 2.24) is 4.90 Å². The lowest BCUT2D eigenvalue weighted by molar-refractivity contribution is -0.378. The van der Waals surface area contributed by atoms with Crippen molar-refractivity contribution in [2.75, 3.05) is 20.8 Å². The second-order valence-corrected chi connectivity index (χ2v) is 9.13. The minimum Gasteiger partial charge on any atom is -0.872 e. The normalized spacial score (nSPS) is 16.8. The molecule has 2 aromatic carbocycles. The van der Waals surface area contributed by atoms with Crippen molar-refractivity contribution >= 4 is 17.4 Å². The summed E-state index contributed by atoms with van der Waals surface area (Å²) in [6.07, 6.45) is 3.49. The third-order valence-electron chi connectivity index (χ3n) is 6.08. The van der Waals surface area contributed by atoms with Gasteiger partial charge in [-0.1, -0.05) is 43.9 Å². The standard InChI is InChI=1S/C29H30N2O6/c1-18(2)17-37-21-12-10-20(11-13-21)26(32)24-25(22-8-5-9-23(35-3)28(22)36-4)31(29(34)27(24)33)16-19-7-6-14-30-15-19/h5-15,18,25,32H,16-17H2,1-4H3. The zero-order valence-electron chi connectivity index (χ0n) is 21.3. The van der Waals surface area contributed by atoms with Crippen LogP contribution in [0.1, 0.15) is 36.6 Å². The first kappa shape index (κ1) is 25.8. The van der Waals surface area contributed by atoms with E-state index in [2.05, 4.69) is 4.98 Å². The number of aromatic amines is 1. The molecule has 1 amide bonds. The largest absolute Gasteiger partial charge is 0.872 e. The SMILES string of the molecule is COc1cccc(C2C(=C([O-])c3ccc(OCC(C)C)cc3)C(=O)C(=O)N2Cc2ccc[nH+]c2)c1OC. The molecule has 2 heterocycles. The molecule has 0 aliphatic carbocycles. The van der Waals surface area contributed by atoms with E-state index in [0.29, 0.717) is 35.3 Å². The molecule has 1 atom stereocenters. The lowest BCUT2D eigenvalue weighted by Gasteiger charge is -2.28. The first-order valence-electron chi connectivity index (χ1n) is 12.0. The van der Waals surface area contributed by atoms with Crippen LogP contribution in [0.25, 0.3) is 5.76 Å². The second kappa shape index (κ2) is 11.2. The molecule has 0 bridgehead atoms. The van der Waals surface area contributed by atoms with Crippen LogP contribution in [0.2, 0.25) is 0 Å². The van der Waals surface area contributed by atoms with Crippen LogP contribution in [0.4, 0.5) is 0 Å². The Kier molecular flexibility index (Phi) is 7.77. The van der Waals surface area contributed by atoms with Crippen LogP contribution in [0.5, 0.6) is 17.2 Å². The zero-order chi connectivity index (χ0) is 26.5. The van der Waals surface area contributed by atoms with Gasteiger partial charge in [0.05, 0.1) is 33.4 Å². The maximum Gasteiger partial charge on any atom is 0.295 e. The number of Topliss-reactive ketones (excluding diaryl/α,β-unsaturated/α-hetero) is 1. The number of likely N-dealkylation sites (tertiary alicyclic amines) is 1. The molecule has 1 fully saturated rings. The minimum atomic E-state index is -0.963. The third-order valence-corrected chi connectivity index (χ3v) is 6.08. The lowest BCUT2D eigenvalue weighted by atomic mass is 9.94. The number of nitrogens with zero attached hydrogens (tertiary/aromatic N) is 1. The Bertz CT molecular complexity index is 1300. The van der Waals surface area contributed by atoms with E-state index in [1.165, 1.54) is 19.1 Å². The highest BCUT2D eigenvalue weighted by atomic mass is 16.5. The maximum absolute atomic E-state index is 13.8. The number of pyridine rings is 1. The van der Waals surface area contributed by atoms with Crippen molar-refractivity contribution in [2.45, 2.75) is 26.4 Å². The van der Waals surface area contributed by atoms with Gasteiger partial charge in [-0.15, -0.1) is 0 Å². The Morgan fingerprint density at radius 3 is 2.41 bits per heavy atom. The number of aromatic nitrogens is 1. The highest BCUT2D eigenvalue weighted by Crippen LogP contribution is 2.45. The fourth-order valence-electron chi connectivity index (χ4n) is 4.33. The molecule has 4 rings (SSSR count). The number of ether oxygens (including phenoxy) is 3. The van der Waals surface area contributed by atoms with Crippen LogP contribution in [0.3, 0.4) is 0 Å². The number of H-pyrrole nitrogens is 1. The smallest absolute Gasteiger partial charge is 0.295 e. The van der Waals surface area contributed by atoms with Gasteiger partial charge < -0.3 is 24.2 Å². The van der Waals surface area contributed by atoms with Crippen LogP contribution in [0, 0.1) is 5.92 Å². The fourth-order valence-corrected chi connectivity index (χ4v) is 4.33. The summed E-state index contributed by atoms with van der Waals surface area (Å²) in [5.74, 6) is -0.351. The summed E-state index contributed by atoms with van der Waals surface area (Å²) in [4.78, 5) is 31.0. The van der Waals surface area contributed by atoms with Crippen molar-refractivity contribution in [3.05, 3.63) is 89.3 Å². The van der Waals surface area contributed by atoms with E-state index >= 15 is 0 Å². The maximum atomic E-state index is 13.8. The van der Waals surface area contributed by atoms with Gasteiger partial charge in [-0.2, -0.15) is 0 Å². The molecule has 1 aromatic heterocycles. The Morgan fingerprint density at radius 1 is 1.03 bits per heavy atom. The van der Waals surface area contributed by atoms with Crippen LogP contribution in [-0.2, 0) is 16.1 Å². The van der Waals surface area contributed by atoms with Crippen molar-refractivity contribution in [2.24, 2.45) is 5.92 Å². The van der Waals surface area contributed by atoms with E-state index < -0.39 is 23.5 Å². The van der Waals surface area contributed by atoms with E-state index in [1.54, 1.807) is 60.9 Å². The molecule has 0 radical (unpaired) electrons. The highest BCUT2D eigenvalue weighted by Gasteiger charge is 2.45. The third kappa shape index (κ3) is 5.28. The van der Waals surface area contributed by atoms with Gasteiger partial charge in [0.15, 0.2) is 23.9 Å². The quantitative estimate of drug-likeness (QED) is 0.253. The minimum absolute atomic E-state index is 0.117. The molecule has 0 spiro atoms. The molecule has 1 unspecified atom stereocenters. The number of para-hydroxylation sites is 1. The molecule has 8 heteroatoms. The van der Waals surface area contributed by atoms with Gasteiger partial charge in [-0.3, -0.25) is 9.59 Å². The highest BCUT2D eigenvalue weighted by molar-refractivity contribution is 6.46. The summed E-state index contributed by atoms with van der Waals surface area (Å²) < 4.78 is 16.8. The van der Waals surface area contributed by atoms with Gasteiger partial charge in [0.1, 0.15) is 5.75 Å². The fraction of sp³-hybridized carbons (Fsp3) is 0.276. The molecular weight excluding hydrogens is 472 g/mol. The zero-order valence-corrected chi connectivity index (χ0v) is 21.3. The van der Waals surface area contributed by atoms with Gasteiger partial charge in [-0.25, -0.2) is 4.98 Å². The van der Waals surface area contributed by atoms with Gasteiger partial charge in [0.25, 0.3) is 5.91 Å². The van der Waals surface area contributed by atoms with Crippen molar-refractivity contribution in [3.8, 4) is 17.2 Å². The molecule has 192 valence electrons. The molecular formula is C29H30N2O6. The van der Waals surface area contributed by atoms with E-state index in [1.807, 2.05) is 19.9 Å². The molecule has 1 aliphatic rings. The first-order valence-corrected chi connectivity index (χ1v) is 12.0. The van der Waals surface area contributed by atoms with Gasteiger partial charge in [0, 0.05) is 22.8 Å². The number of benzene rings is 2. The van der Waals surface area contributed by atoms with Gasteiger partial charge in [-0.05, 0) is 35.7 Å². The van der Waals surface area contributed by atoms with Crippen LogP contribution in [0.15, 0.2) is 72.6 Å². The number of carbonyl (C=O) groups is 2. The average molecular weight is 503 g/mol. The molecule has 1 saturated heterocycles. The summed E-state index contributed by atoms with van der Waals surface area (Å²) in [7, 11) is 2.98. The Morgan fingerprint density at radius 2 is 1.78 bits per heavy atom. The van der Waals surface area contributed by atoms with Crippen LogP contribution >= 0.6 is 0 Å². The van der Waals surface area contributed by atoms with Crippen LogP contribution in [-0.4, -0.2) is 37.4 Å². The predicted molar refractivity (Wildman–Crippen MR) is 135 cm³/mol. The summed E-state index contributed by atoms with van der Waals surface area (Å²) >= 11 is 0. The Hall–Kier alpha value is -4.33. The summed E-state index contributed by atoms with van der Waals surface area (Å²) in [5.41, 5.74) is 1.42. The number of ketones is 1. The lowest BCUT2D eigenvalue weighted by Crippen LogP contribution is -2.30. The number of nitrogens with one attached hydrogen (secondary N) is 1. The number of rotatable bonds is 9. The number of methoxy groups -OCH3 is 2. The van der Waals surface area contributed by atoms with E-state index in [-0.39, 0.29) is 17.7 Å². The van der Waals surface area contributed by atoms with Crippen LogP contribution < -0.4 is 24.3 Å². The summed E-state index contributed by atoms with van der Waals surface area (Å²) in [5, 5.41) is 13.8. The summed E-state index contributed by atoms with van der Waals surface area (Å²) in [6.45, 7) is 4.75. The van der Waals surface area contributed by atoms with Gasteiger partial charge >= 0.3 is 0 Å². The van der Waals surface area contributed by atoms with Gasteiger partial charge in [0.2, 0.25) is 5.78 Å². The van der Waals surface area contributed by atoms with Crippen molar-refractivity contribution < 1.29 is 33.9 Å². The first-order chi connectivity index (χ1) is 17.8. The Labute approximate surface area is 216 Å². The molecule has 1 N–H and O–H groups in total. The van der Waals surface area contributed by atoms with Crippen molar-refractivity contribution in [1.29, 1.82) is 0 Å². The summed E-state index contributed by atoms with van der Waals surface area (Å²) in [6, 6.07) is 14.5. The predicted octanol–water partition coefficient (Wildman–Crippen LogP) is 2.98. The second-order valence-electron chi connectivity index (χ2n) is 9.13. The molecule has 37 heavy (non-hydrogen) atoms. The number of carbonyl (C=O) groups excluding carboxylic acids is 2. The van der Waals surface area contributed by atoms with E-state index in [0.717, 1.165) is 5.56 Å². The number of hydrogen-bond donors (Lipinski definition) is 0. The monoisotopic (exact) mass is 502 g/mol. The molecule has 3 aromatic rings.